The smallest absolute Gasteiger partial charge is 0.328 e. The second-order valence-corrected chi connectivity index (χ2v) is 4.25. The van der Waals surface area contributed by atoms with Crippen molar-refractivity contribution in [1.82, 2.24) is 9.38 Å². The summed E-state index contributed by atoms with van der Waals surface area (Å²) in [4.78, 5) is 17.0. The van der Waals surface area contributed by atoms with Gasteiger partial charge in [-0.2, -0.15) is 5.26 Å². The molecule has 1 N–H and O–H groups in total. The number of imidazole rings is 1. The van der Waals surface area contributed by atoms with E-state index < -0.39 is 5.97 Å². The molecule has 0 unspecified atom stereocenters. The number of carboxylic acids is 1. The van der Waals surface area contributed by atoms with Crippen molar-refractivity contribution in [1.29, 1.82) is 5.26 Å². The van der Waals surface area contributed by atoms with Crippen molar-refractivity contribution in [2.45, 2.75) is 6.42 Å². The minimum Gasteiger partial charge on any atom is -0.478 e. The van der Waals surface area contributed by atoms with Gasteiger partial charge in [0.15, 0.2) is 5.82 Å². The maximum atomic E-state index is 10.7. The average Bonchev–Trinajstić information content (AvgIpc) is 2.81. The Kier molecular flexibility index (Phi) is 4.01. The van der Waals surface area contributed by atoms with Crippen LogP contribution in [0.2, 0.25) is 0 Å². The van der Waals surface area contributed by atoms with Crippen molar-refractivity contribution in [3.63, 3.8) is 0 Å². The van der Waals surface area contributed by atoms with Crippen molar-refractivity contribution < 1.29 is 9.90 Å². The molecule has 0 aliphatic carbocycles. The number of carbonyl (C=O) groups is 1. The number of hydrogen-bond donors (Lipinski definition) is 1. The van der Waals surface area contributed by atoms with Crippen LogP contribution in [0.15, 0.2) is 30.5 Å². The van der Waals surface area contributed by atoms with Crippen LogP contribution in [-0.2, 0) is 4.79 Å². The minimum absolute atomic E-state index is 0.381. The quantitative estimate of drug-likeness (QED) is 0.837. The van der Waals surface area contributed by atoms with Gasteiger partial charge in [-0.05, 0) is 18.2 Å². The van der Waals surface area contributed by atoms with Crippen LogP contribution in [0.3, 0.4) is 0 Å². The van der Waals surface area contributed by atoms with E-state index in [0.717, 1.165) is 11.7 Å². The summed E-state index contributed by atoms with van der Waals surface area (Å²) >= 11 is 0. The molecule has 0 aliphatic heterocycles. The lowest BCUT2D eigenvalue weighted by Crippen LogP contribution is -2.19. The number of carboxylic acid groups (broad SMARTS) is 1. The molecule has 0 aromatic carbocycles. The van der Waals surface area contributed by atoms with Crippen LogP contribution in [0.5, 0.6) is 0 Å². The summed E-state index contributed by atoms with van der Waals surface area (Å²) in [6.07, 6.45) is 4.80. The van der Waals surface area contributed by atoms with Gasteiger partial charge in [0.2, 0.25) is 0 Å². The number of nitrogens with zero attached hydrogens (tertiary/aromatic N) is 4. The van der Waals surface area contributed by atoms with Gasteiger partial charge >= 0.3 is 5.97 Å². The molecule has 0 saturated carbocycles. The van der Waals surface area contributed by atoms with Gasteiger partial charge in [-0.3, -0.25) is 4.40 Å². The number of anilines is 1. The Morgan fingerprint density at radius 1 is 1.60 bits per heavy atom. The van der Waals surface area contributed by atoms with E-state index in [1.807, 2.05) is 40.7 Å². The molecular formula is C14H14N4O2. The first kappa shape index (κ1) is 13.6. The van der Waals surface area contributed by atoms with Gasteiger partial charge < -0.3 is 10.0 Å². The third-order valence-corrected chi connectivity index (χ3v) is 2.85. The van der Waals surface area contributed by atoms with Gasteiger partial charge in [0.25, 0.3) is 0 Å². The zero-order valence-corrected chi connectivity index (χ0v) is 11.0. The Morgan fingerprint density at radius 2 is 2.40 bits per heavy atom. The first-order chi connectivity index (χ1) is 9.63. The van der Waals surface area contributed by atoms with Crippen LogP contribution in [-0.4, -0.2) is 34.1 Å². The minimum atomic E-state index is -1.01. The molecule has 102 valence electrons. The SMILES string of the molecule is CN(CCC#N)c1nc2ccccn2c1/C=C/C(=O)O. The maximum absolute atomic E-state index is 10.7. The molecule has 2 aromatic rings. The topological polar surface area (TPSA) is 81.6 Å². The van der Waals surface area contributed by atoms with Crippen LogP contribution in [0.25, 0.3) is 11.7 Å². The van der Waals surface area contributed by atoms with E-state index in [2.05, 4.69) is 11.1 Å². The summed E-state index contributed by atoms with van der Waals surface area (Å²) in [5, 5.41) is 17.4. The number of pyridine rings is 1. The number of aliphatic carboxylic acids is 1. The highest BCUT2D eigenvalue weighted by Crippen LogP contribution is 2.22. The van der Waals surface area contributed by atoms with Gasteiger partial charge in [0, 0.05) is 25.9 Å². The molecule has 2 rings (SSSR count). The summed E-state index contributed by atoms with van der Waals surface area (Å²) in [5.74, 6) is -0.356. The Morgan fingerprint density at radius 3 is 3.10 bits per heavy atom. The van der Waals surface area contributed by atoms with Crippen LogP contribution >= 0.6 is 0 Å². The fourth-order valence-corrected chi connectivity index (χ4v) is 1.91. The fraction of sp³-hybridized carbons (Fsp3) is 0.214. The first-order valence-electron chi connectivity index (χ1n) is 6.09. The predicted octanol–water partition coefficient (Wildman–Crippen LogP) is 1.78. The molecule has 0 amide bonds. The van der Waals surface area contributed by atoms with Gasteiger partial charge in [0.1, 0.15) is 5.65 Å². The van der Waals surface area contributed by atoms with E-state index >= 15 is 0 Å². The summed E-state index contributed by atoms with van der Waals surface area (Å²) in [5.41, 5.74) is 1.42. The molecule has 0 aliphatic rings. The maximum Gasteiger partial charge on any atom is 0.328 e. The molecule has 0 saturated heterocycles. The zero-order valence-electron chi connectivity index (χ0n) is 11.0. The fourth-order valence-electron chi connectivity index (χ4n) is 1.91. The number of fused-ring (bicyclic) bond motifs is 1. The molecule has 0 atom stereocenters. The second-order valence-electron chi connectivity index (χ2n) is 4.25. The standard InChI is InChI=1S/C14H14N4O2/c1-17(9-4-8-15)14-11(6-7-13(19)20)18-10-3-2-5-12(18)16-14/h2-3,5-7,10H,4,9H2,1H3,(H,19,20)/b7-6+. The van der Waals surface area contributed by atoms with Crippen molar-refractivity contribution in [2.24, 2.45) is 0 Å². The number of nitriles is 1. The number of hydrogen-bond acceptors (Lipinski definition) is 4. The van der Waals surface area contributed by atoms with E-state index in [1.165, 1.54) is 6.08 Å². The lowest BCUT2D eigenvalue weighted by molar-refractivity contribution is -0.131. The molecule has 2 heterocycles. The second kappa shape index (κ2) is 5.89. The Balaban J connectivity index is 2.49. The highest BCUT2D eigenvalue weighted by molar-refractivity contribution is 5.86. The van der Waals surface area contributed by atoms with Gasteiger partial charge in [0.05, 0.1) is 18.2 Å². The summed E-state index contributed by atoms with van der Waals surface area (Å²) < 4.78 is 1.82. The Hall–Kier alpha value is -2.81. The summed E-state index contributed by atoms with van der Waals surface area (Å²) in [6, 6.07) is 7.65. The molecule has 6 nitrogen and oxygen atoms in total. The van der Waals surface area contributed by atoms with Gasteiger partial charge in [-0.1, -0.05) is 6.07 Å². The van der Waals surface area contributed by atoms with E-state index in [9.17, 15) is 4.79 Å². The molecule has 20 heavy (non-hydrogen) atoms. The predicted molar refractivity (Wildman–Crippen MR) is 75.4 cm³/mol. The van der Waals surface area contributed by atoms with Crippen molar-refractivity contribution >= 4 is 23.5 Å². The first-order valence-corrected chi connectivity index (χ1v) is 6.09. The summed E-state index contributed by atoms with van der Waals surface area (Å²) in [6.45, 7) is 0.536. The average molecular weight is 270 g/mol. The Labute approximate surface area is 116 Å². The lowest BCUT2D eigenvalue weighted by Gasteiger charge is -2.15. The van der Waals surface area contributed by atoms with E-state index in [1.54, 1.807) is 0 Å². The Bertz CT molecular complexity index is 697. The van der Waals surface area contributed by atoms with E-state index in [4.69, 9.17) is 10.4 Å². The van der Waals surface area contributed by atoms with E-state index in [0.29, 0.717) is 24.5 Å². The normalized spacial score (nSPS) is 10.8. The highest BCUT2D eigenvalue weighted by atomic mass is 16.4. The largest absolute Gasteiger partial charge is 0.478 e. The molecule has 2 aromatic heterocycles. The van der Waals surface area contributed by atoms with Crippen molar-refractivity contribution in [3.8, 4) is 6.07 Å². The van der Waals surface area contributed by atoms with Crippen LogP contribution < -0.4 is 4.90 Å². The molecule has 0 spiro atoms. The van der Waals surface area contributed by atoms with Crippen LogP contribution in [0.1, 0.15) is 12.1 Å². The van der Waals surface area contributed by atoms with Gasteiger partial charge in [-0.15, -0.1) is 0 Å². The van der Waals surface area contributed by atoms with Crippen molar-refractivity contribution in [2.75, 3.05) is 18.5 Å². The number of rotatable bonds is 5. The highest BCUT2D eigenvalue weighted by Gasteiger charge is 2.13. The van der Waals surface area contributed by atoms with Crippen LogP contribution in [0, 0.1) is 11.3 Å². The monoisotopic (exact) mass is 270 g/mol. The number of aromatic nitrogens is 2. The lowest BCUT2D eigenvalue weighted by atomic mass is 10.3. The van der Waals surface area contributed by atoms with Crippen LogP contribution in [0.4, 0.5) is 5.82 Å². The molecule has 0 radical (unpaired) electrons. The third-order valence-electron chi connectivity index (χ3n) is 2.85. The van der Waals surface area contributed by atoms with Gasteiger partial charge in [-0.25, -0.2) is 9.78 Å². The third kappa shape index (κ3) is 2.78. The summed E-state index contributed by atoms with van der Waals surface area (Å²) in [7, 11) is 1.83. The zero-order chi connectivity index (χ0) is 14.5. The van der Waals surface area contributed by atoms with Crippen molar-refractivity contribution in [3.05, 3.63) is 36.2 Å². The van der Waals surface area contributed by atoms with E-state index in [-0.39, 0.29) is 0 Å². The molecular weight excluding hydrogens is 256 g/mol. The molecule has 6 heteroatoms. The molecule has 0 fully saturated rings. The molecule has 0 bridgehead atoms.